The summed E-state index contributed by atoms with van der Waals surface area (Å²) in [5.41, 5.74) is 6.07. The van der Waals surface area contributed by atoms with Crippen molar-refractivity contribution in [1.29, 1.82) is 0 Å². The molecule has 0 aliphatic carbocycles. The summed E-state index contributed by atoms with van der Waals surface area (Å²) < 4.78 is 2.36. The lowest BCUT2D eigenvalue weighted by molar-refractivity contribution is 0.901. The first-order valence-electron chi connectivity index (χ1n) is 11.4. The van der Waals surface area contributed by atoms with Gasteiger partial charge in [-0.25, -0.2) is 0 Å². The smallest absolute Gasteiger partial charge is 0.0500 e. The first kappa shape index (κ1) is 20.8. The topological polar surface area (TPSA) is 8.17 Å². The number of nitrogens with zero attached hydrogens (tertiary/aromatic N) is 2. The minimum atomic E-state index is 0.728. The molecule has 162 valence electrons. The van der Waals surface area contributed by atoms with E-state index in [2.05, 4.69) is 108 Å². The van der Waals surface area contributed by atoms with E-state index in [0.717, 1.165) is 25.2 Å². The molecule has 0 fully saturated rings. The molecule has 1 aromatic heterocycles. The molecule has 0 spiro atoms. The summed E-state index contributed by atoms with van der Waals surface area (Å²) in [5, 5.41) is 5.09. The van der Waals surface area contributed by atoms with Gasteiger partial charge in [0.2, 0.25) is 0 Å². The largest absolute Gasteiger partial charge is 0.337 e. The van der Waals surface area contributed by atoms with Crippen LogP contribution in [0, 0.1) is 0 Å². The van der Waals surface area contributed by atoms with Crippen molar-refractivity contribution in [3.8, 4) is 0 Å². The maximum Gasteiger partial charge on any atom is 0.0500 e. The molecule has 1 heterocycles. The fourth-order valence-corrected chi connectivity index (χ4v) is 4.93. The third kappa shape index (κ3) is 3.54. The van der Waals surface area contributed by atoms with Gasteiger partial charge >= 0.3 is 0 Å². The minimum absolute atomic E-state index is 0.728. The van der Waals surface area contributed by atoms with Gasteiger partial charge in [0.05, 0.1) is 5.52 Å². The number of anilines is 2. The van der Waals surface area contributed by atoms with Crippen molar-refractivity contribution < 1.29 is 0 Å². The zero-order valence-corrected chi connectivity index (χ0v) is 18.9. The predicted molar refractivity (Wildman–Crippen MR) is 145 cm³/mol. The molecule has 4 aromatic carbocycles. The Morgan fingerprint density at radius 1 is 0.727 bits per heavy atom. The Balaban J connectivity index is 1.80. The lowest BCUT2D eigenvalue weighted by Gasteiger charge is -2.26. The van der Waals surface area contributed by atoms with Crippen LogP contribution in [0.3, 0.4) is 0 Å². The van der Waals surface area contributed by atoms with Gasteiger partial charge in [0.1, 0.15) is 0 Å². The van der Waals surface area contributed by atoms with Crippen molar-refractivity contribution in [2.75, 3.05) is 11.4 Å². The molecular formula is C31H28N2. The third-order valence-corrected chi connectivity index (χ3v) is 6.32. The molecule has 0 saturated carbocycles. The number of hydrogen-bond donors (Lipinski definition) is 0. The third-order valence-electron chi connectivity index (χ3n) is 6.32. The Bertz CT molecular complexity index is 1500. The number of allylic oxidation sites excluding steroid dienone is 2. The van der Waals surface area contributed by atoms with E-state index < -0.39 is 0 Å². The van der Waals surface area contributed by atoms with Crippen LogP contribution in [0.2, 0.25) is 0 Å². The number of hydrogen-bond acceptors (Lipinski definition) is 1. The summed E-state index contributed by atoms with van der Waals surface area (Å²) in [4.78, 5) is 2.34. The monoisotopic (exact) mass is 428 g/mol. The summed E-state index contributed by atoms with van der Waals surface area (Å²) in [6.45, 7) is 13.5. The van der Waals surface area contributed by atoms with Gasteiger partial charge in [-0.2, -0.15) is 0 Å². The molecule has 0 amide bonds. The highest BCUT2D eigenvalue weighted by atomic mass is 15.1. The Morgan fingerprint density at radius 3 is 2.33 bits per heavy atom. The normalized spacial score (nSPS) is 11.2. The summed E-state index contributed by atoms with van der Waals surface area (Å²) in [7, 11) is 0. The van der Waals surface area contributed by atoms with Crippen LogP contribution in [0.5, 0.6) is 0 Å². The number of rotatable bonds is 8. The maximum atomic E-state index is 4.03. The lowest BCUT2D eigenvalue weighted by Crippen LogP contribution is -2.18. The van der Waals surface area contributed by atoms with Crippen LogP contribution in [0.15, 0.2) is 117 Å². The van der Waals surface area contributed by atoms with Gasteiger partial charge in [0, 0.05) is 40.8 Å². The first-order chi connectivity index (χ1) is 16.3. The first-order valence-corrected chi connectivity index (χ1v) is 11.4. The standard InChI is InChI=1S/C31H28N2/c1-4-11-24-13-8-10-15-28(24)32(20-5-2)25-17-19-29-27(22-25)31-26-14-9-7-12-23(26)16-18-30(31)33(29)21-6-3/h4-10,12-19,22H,1-3,11,20-21H2. The van der Waals surface area contributed by atoms with E-state index in [9.17, 15) is 0 Å². The summed E-state index contributed by atoms with van der Waals surface area (Å²) in [5.74, 6) is 0. The van der Waals surface area contributed by atoms with Crippen LogP contribution >= 0.6 is 0 Å². The SMILES string of the molecule is C=CCc1ccccc1N(CC=C)c1ccc2c(c1)c1c3ccccc3ccc1n2CC=C. The Labute approximate surface area is 195 Å². The molecule has 0 unspecified atom stereocenters. The Hall–Kier alpha value is -4.04. The van der Waals surface area contributed by atoms with Crippen LogP contribution in [-0.2, 0) is 13.0 Å². The quantitative estimate of drug-likeness (QED) is 0.226. The van der Waals surface area contributed by atoms with Crippen molar-refractivity contribution in [1.82, 2.24) is 4.57 Å². The number of fused-ring (bicyclic) bond motifs is 5. The summed E-state index contributed by atoms with van der Waals surface area (Å²) in [6.07, 6.45) is 6.72. The highest BCUT2D eigenvalue weighted by Gasteiger charge is 2.17. The second kappa shape index (κ2) is 8.84. The van der Waals surface area contributed by atoms with Crippen LogP contribution in [0.25, 0.3) is 32.6 Å². The molecule has 0 aliphatic heterocycles. The van der Waals surface area contributed by atoms with Gasteiger partial charge in [0.25, 0.3) is 0 Å². The van der Waals surface area contributed by atoms with Crippen LogP contribution in [0.1, 0.15) is 5.56 Å². The number of aromatic nitrogens is 1. The summed E-state index contributed by atoms with van der Waals surface area (Å²) >= 11 is 0. The van der Waals surface area contributed by atoms with E-state index >= 15 is 0 Å². The van der Waals surface area contributed by atoms with Gasteiger partial charge in [-0.05, 0) is 53.1 Å². The van der Waals surface area contributed by atoms with Gasteiger partial charge in [0.15, 0.2) is 0 Å². The minimum Gasteiger partial charge on any atom is -0.337 e. The zero-order valence-electron chi connectivity index (χ0n) is 18.9. The van der Waals surface area contributed by atoms with Crippen molar-refractivity contribution in [2.45, 2.75) is 13.0 Å². The molecule has 0 atom stereocenters. The summed E-state index contributed by atoms with van der Waals surface area (Å²) in [6, 6.07) is 28.4. The molecule has 5 rings (SSSR count). The molecule has 0 aliphatic rings. The fraction of sp³-hybridized carbons (Fsp3) is 0.0968. The number of para-hydroxylation sites is 1. The molecule has 0 saturated heterocycles. The zero-order chi connectivity index (χ0) is 22.8. The van der Waals surface area contributed by atoms with Gasteiger partial charge in [-0.15, -0.1) is 19.7 Å². The predicted octanol–water partition coefficient (Wildman–Crippen LogP) is 8.19. The van der Waals surface area contributed by atoms with Crippen LogP contribution < -0.4 is 4.90 Å². The highest BCUT2D eigenvalue weighted by molar-refractivity contribution is 6.21. The molecule has 33 heavy (non-hydrogen) atoms. The van der Waals surface area contributed by atoms with Crippen molar-refractivity contribution >= 4 is 44.0 Å². The molecule has 0 N–H and O–H groups in total. The second-order valence-electron chi connectivity index (χ2n) is 8.30. The van der Waals surface area contributed by atoms with Gasteiger partial charge in [-0.1, -0.05) is 66.8 Å². The van der Waals surface area contributed by atoms with E-state index in [1.54, 1.807) is 0 Å². The molecule has 0 bridgehead atoms. The van der Waals surface area contributed by atoms with E-state index in [4.69, 9.17) is 0 Å². The van der Waals surface area contributed by atoms with E-state index in [-0.39, 0.29) is 0 Å². The average molecular weight is 429 g/mol. The molecule has 2 heteroatoms. The lowest BCUT2D eigenvalue weighted by atomic mass is 10.0. The van der Waals surface area contributed by atoms with Crippen molar-refractivity contribution in [3.63, 3.8) is 0 Å². The van der Waals surface area contributed by atoms with Gasteiger partial charge in [-0.3, -0.25) is 0 Å². The average Bonchev–Trinajstić information content (AvgIpc) is 3.17. The van der Waals surface area contributed by atoms with Gasteiger partial charge < -0.3 is 9.47 Å². The molecule has 5 aromatic rings. The van der Waals surface area contributed by atoms with Crippen molar-refractivity contribution in [3.05, 3.63) is 122 Å². The second-order valence-corrected chi connectivity index (χ2v) is 8.30. The fourth-order valence-electron chi connectivity index (χ4n) is 4.93. The number of benzene rings is 4. The highest BCUT2D eigenvalue weighted by Crippen LogP contribution is 2.38. The van der Waals surface area contributed by atoms with E-state index in [1.165, 1.54) is 43.8 Å². The van der Waals surface area contributed by atoms with Crippen molar-refractivity contribution in [2.24, 2.45) is 0 Å². The van der Waals surface area contributed by atoms with E-state index in [0.29, 0.717) is 0 Å². The molecular weight excluding hydrogens is 400 g/mol. The molecule has 2 nitrogen and oxygen atoms in total. The Kier molecular flexibility index (Phi) is 5.58. The molecule has 0 radical (unpaired) electrons. The van der Waals surface area contributed by atoms with Crippen LogP contribution in [-0.4, -0.2) is 11.1 Å². The maximum absolute atomic E-state index is 4.03. The Morgan fingerprint density at radius 2 is 1.52 bits per heavy atom. The van der Waals surface area contributed by atoms with E-state index in [1.807, 2.05) is 18.2 Å². The van der Waals surface area contributed by atoms with Crippen LogP contribution in [0.4, 0.5) is 11.4 Å².